The second-order valence-electron chi connectivity index (χ2n) is 9.30. The van der Waals surface area contributed by atoms with Gasteiger partial charge in [0.15, 0.2) is 0 Å². The van der Waals surface area contributed by atoms with Gasteiger partial charge in [-0.15, -0.1) is 0 Å². The molecule has 184 valence electrons. The normalized spacial score (nSPS) is 11.2. The van der Waals surface area contributed by atoms with E-state index in [-0.39, 0.29) is 0 Å². The maximum absolute atomic E-state index is 4.34. The maximum atomic E-state index is 4.34. The molecule has 0 heterocycles. The Kier molecular flexibility index (Phi) is 7.19. The van der Waals surface area contributed by atoms with E-state index in [1.165, 1.54) is 27.5 Å². The van der Waals surface area contributed by atoms with Gasteiger partial charge in [0.1, 0.15) is 0 Å². The van der Waals surface area contributed by atoms with Gasteiger partial charge in [0, 0.05) is 16.9 Å². The molecule has 0 saturated heterocycles. The molecule has 0 amide bonds. The van der Waals surface area contributed by atoms with Crippen molar-refractivity contribution in [3.8, 4) is 22.3 Å². The molecule has 0 aromatic heterocycles. The molecule has 0 radical (unpaired) electrons. The zero-order chi connectivity index (χ0) is 26.5. The molecule has 5 aromatic carbocycles. The van der Waals surface area contributed by atoms with Crippen LogP contribution in [-0.4, -0.2) is 0 Å². The van der Waals surface area contributed by atoms with E-state index in [4.69, 9.17) is 0 Å². The van der Waals surface area contributed by atoms with Gasteiger partial charge in [-0.25, -0.2) is 0 Å². The van der Waals surface area contributed by atoms with E-state index in [0.29, 0.717) is 0 Å². The molecule has 0 aliphatic rings. The number of nitrogens with zero attached hydrogens (tertiary/aromatic N) is 1. The Morgan fingerprint density at radius 1 is 0.684 bits per heavy atom. The second kappa shape index (κ2) is 11.0. The van der Waals surface area contributed by atoms with Crippen LogP contribution in [0.15, 0.2) is 159 Å². The summed E-state index contributed by atoms with van der Waals surface area (Å²) in [7, 11) is 0. The second-order valence-corrected chi connectivity index (χ2v) is 9.30. The highest BCUT2D eigenvalue weighted by Gasteiger charge is 2.18. The molecule has 0 aliphatic carbocycles. The van der Waals surface area contributed by atoms with Crippen LogP contribution >= 0.6 is 0 Å². The molecule has 0 aliphatic heterocycles. The predicted molar refractivity (Wildman–Crippen MR) is 167 cm³/mol. The number of rotatable bonds is 8. The van der Waals surface area contributed by atoms with E-state index in [1.54, 1.807) is 0 Å². The number of allylic oxidation sites excluding steroid dienone is 5. The molecular formula is C37H31N. The number of anilines is 2. The zero-order valence-corrected chi connectivity index (χ0v) is 21.8. The number of hydrogen-bond acceptors (Lipinski definition) is 1. The van der Waals surface area contributed by atoms with Crippen molar-refractivity contribution >= 4 is 27.7 Å². The number of fused-ring (bicyclic) bond motifs is 1. The van der Waals surface area contributed by atoms with Gasteiger partial charge in [-0.2, -0.15) is 0 Å². The van der Waals surface area contributed by atoms with Gasteiger partial charge >= 0.3 is 0 Å². The third kappa shape index (κ3) is 4.87. The number of hydrogen-bond donors (Lipinski definition) is 0. The summed E-state index contributed by atoms with van der Waals surface area (Å²) in [5.41, 5.74) is 9.83. The van der Waals surface area contributed by atoms with E-state index in [9.17, 15) is 0 Å². The Bertz CT molecular complexity index is 1650. The van der Waals surface area contributed by atoms with Crippen molar-refractivity contribution in [2.75, 3.05) is 4.90 Å². The third-order valence-electron chi connectivity index (χ3n) is 6.78. The molecule has 0 atom stereocenters. The van der Waals surface area contributed by atoms with Gasteiger partial charge in [-0.3, -0.25) is 0 Å². The smallest absolute Gasteiger partial charge is 0.0536 e. The summed E-state index contributed by atoms with van der Waals surface area (Å²) < 4.78 is 0. The quantitative estimate of drug-likeness (QED) is 0.196. The van der Waals surface area contributed by atoms with Crippen LogP contribution in [0.5, 0.6) is 0 Å². The lowest BCUT2D eigenvalue weighted by Crippen LogP contribution is -2.15. The fourth-order valence-corrected chi connectivity index (χ4v) is 5.00. The summed E-state index contributed by atoms with van der Waals surface area (Å²) in [4.78, 5) is 2.21. The van der Waals surface area contributed by atoms with Crippen molar-refractivity contribution in [1.29, 1.82) is 0 Å². The van der Waals surface area contributed by atoms with Gasteiger partial charge in [0.25, 0.3) is 0 Å². The first-order valence-electron chi connectivity index (χ1n) is 12.8. The van der Waals surface area contributed by atoms with E-state index in [0.717, 1.165) is 33.8 Å². The zero-order valence-electron chi connectivity index (χ0n) is 21.8. The van der Waals surface area contributed by atoms with Gasteiger partial charge in [0.2, 0.25) is 0 Å². The van der Waals surface area contributed by atoms with Gasteiger partial charge in [0.05, 0.1) is 5.69 Å². The van der Waals surface area contributed by atoms with Crippen LogP contribution in [0.2, 0.25) is 0 Å². The molecule has 0 fully saturated rings. The first-order chi connectivity index (χ1) is 18.6. The topological polar surface area (TPSA) is 3.24 Å². The Morgan fingerprint density at radius 2 is 1.34 bits per heavy atom. The van der Waals surface area contributed by atoms with Gasteiger partial charge < -0.3 is 4.90 Å². The molecule has 5 rings (SSSR count). The Balaban J connectivity index is 1.66. The molecule has 0 N–H and O–H groups in total. The van der Waals surface area contributed by atoms with Crippen molar-refractivity contribution in [3.63, 3.8) is 0 Å². The monoisotopic (exact) mass is 489 g/mol. The van der Waals surface area contributed by atoms with Crippen LogP contribution < -0.4 is 4.90 Å². The summed E-state index contributed by atoms with van der Waals surface area (Å²) in [5.74, 6) is 0. The van der Waals surface area contributed by atoms with E-state index < -0.39 is 0 Å². The lowest BCUT2D eigenvalue weighted by Gasteiger charge is -2.28. The van der Waals surface area contributed by atoms with E-state index in [2.05, 4.69) is 134 Å². The molecule has 5 aromatic rings. The lowest BCUT2D eigenvalue weighted by atomic mass is 9.93. The minimum Gasteiger partial charge on any atom is -0.314 e. The largest absolute Gasteiger partial charge is 0.314 e. The van der Waals surface area contributed by atoms with Crippen molar-refractivity contribution < 1.29 is 0 Å². The van der Waals surface area contributed by atoms with Crippen molar-refractivity contribution in [2.24, 2.45) is 0 Å². The maximum Gasteiger partial charge on any atom is 0.0536 e. The molecule has 0 spiro atoms. The molecule has 1 heteroatoms. The Morgan fingerprint density at radius 3 is 2.05 bits per heavy atom. The standard InChI is InChI=1S/C37H31N/c1-5-13-28(6-2)36-26-32(35-19-12-17-31-16-10-11-18-34(31)35)22-25-37(36)38(27(3)4)33-23-20-30(21-24-33)29-14-8-7-9-15-29/h5-26H,1-3H2,4H3/b28-13+. The summed E-state index contributed by atoms with van der Waals surface area (Å²) in [6.07, 6.45) is 5.71. The van der Waals surface area contributed by atoms with Gasteiger partial charge in [-0.05, 0) is 69.8 Å². The van der Waals surface area contributed by atoms with Gasteiger partial charge in [-0.1, -0.05) is 129 Å². The SMILES string of the molecule is C=C/C=C(\C=C)c1cc(-c2cccc3ccccc23)ccc1N(C(=C)C)c1ccc(-c2ccccc2)cc1. The van der Waals surface area contributed by atoms with Crippen LogP contribution in [0.1, 0.15) is 12.5 Å². The first kappa shape index (κ1) is 24.8. The number of benzene rings is 5. The van der Waals surface area contributed by atoms with Crippen LogP contribution in [0.3, 0.4) is 0 Å². The Labute approximate surface area is 226 Å². The fourth-order valence-electron chi connectivity index (χ4n) is 5.00. The van der Waals surface area contributed by atoms with Crippen molar-refractivity contribution in [1.82, 2.24) is 0 Å². The molecule has 0 saturated carbocycles. The van der Waals surface area contributed by atoms with Crippen LogP contribution in [0.4, 0.5) is 11.4 Å². The first-order valence-corrected chi connectivity index (χ1v) is 12.8. The van der Waals surface area contributed by atoms with Crippen molar-refractivity contribution in [2.45, 2.75) is 6.92 Å². The van der Waals surface area contributed by atoms with Crippen molar-refractivity contribution in [3.05, 3.63) is 164 Å². The fraction of sp³-hybridized carbons (Fsp3) is 0.0270. The summed E-state index contributed by atoms with van der Waals surface area (Å²) in [5, 5.41) is 2.46. The highest BCUT2D eigenvalue weighted by molar-refractivity contribution is 5.98. The molecule has 0 unspecified atom stereocenters. The highest BCUT2D eigenvalue weighted by atomic mass is 15.1. The highest BCUT2D eigenvalue weighted by Crippen LogP contribution is 2.40. The molecular weight excluding hydrogens is 458 g/mol. The Hall–Kier alpha value is -4.88. The minimum absolute atomic E-state index is 0.929. The summed E-state index contributed by atoms with van der Waals surface area (Å²) in [6.45, 7) is 14.4. The van der Waals surface area contributed by atoms with E-state index >= 15 is 0 Å². The van der Waals surface area contributed by atoms with Crippen LogP contribution in [-0.2, 0) is 0 Å². The summed E-state index contributed by atoms with van der Waals surface area (Å²) in [6, 6.07) is 40.7. The molecule has 38 heavy (non-hydrogen) atoms. The van der Waals surface area contributed by atoms with Crippen LogP contribution in [0.25, 0.3) is 38.6 Å². The predicted octanol–water partition coefficient (Wildman–Crippen LogP) is 10.6. The average Bonchev–Trinajstić information content (AvgIpc) is 2.96. The minimum atomic E-state index is 0.929. The lowest BCUT2D eigenvalue weighted by molar-refractivity contribution is 1.16. The molecule has 0 bridgehead atoms. The average molecular weight is 490 g/mol. The van der Waals surface area contributed by atoms with Crippen LogP contribution in [0, 0.1) is 0 Å². The van der Waals surface area contributed by atoms with E-state index in [1.807, 2.05) is 31.2 Å². The molecule has 1 nitrogen and oxygen atoms in total. The summed E-state index contributed by atoms with van der Waals surface area (Å²) >= 11 is 0. The third-order valence-corrected chi connectivity index (χ3v) is 6.78.